The van der Waals surface area contributed by atoms with Crippen LogP contribution in [0, 0.1) is 5.92 Å². The molecule has 1 aromatic rings. The number of hydrogen-bond acceptors (Lipinski definition) is 3. The first-order valence-electron chi connectivity index (χ1n) is 5.53. The Morgan fingerprint density at radius 1 is 1.50 bits per heavy atom. The van der Waals surface area contributed by atoms with E-state index < -0.39 is 10.0 Å². The Labute approximate surface area is 95.9 Å². The summed E-state index contributed by atoms with van der Waals surface area (Å²) in [6, 6.07) is 0.0575. The van der Waals surface area contributed by atoms with Crippen LogP contribution in [0.1, 0.15) is 26.7 Å². The number of imidazole rings is 1. The van der Waals surface area contributed by atoms with Crippen molar-refractivity contribution in [2.24, 2.45) is 5.92 Å². The molecule has 1 fully saturated rings. The molecule has 90 valence electrons. The zero-order chi connectivity index (χ0) is 11.8. The lowest BCUT2D eigenvalue weighted by Gasteiger charge is -2.36. The molecule has 0 aliphatic carbocycles. The number of sulfonamides is 1. The maximum Gasteiger partial charge on any atom is 0.260 e. The third-order valence-corrected chi connectivity index (χ3v) is 5.29. The average molecular weight is 243 g/mol. The van der Waals surface area contributed by atoms with Gasteiger partial charge < -0.3 is 4.98 Å². The van der Waals surface area contributed by atoms with Crippen LogP contribution in [-0.4, -0.2) is 35.3 Å². The Kier molecular flexibility index (Phi) is 3.03. The van der Waals surface area contributed by atoms with Gasteiger partial charge in [0.25, 0.3) is 10.0 Å². The van der Waals surface area contributed by atoms with E-state index in [4.69, 9.17) is 0 Å². The summed E-state index contributed by atoms with van der Waals surface area (Å²) in [7, 11) is -3.39. The summed E-state index contributed by atoms with van der Waals surface area (Å²) in [5.41, 5.74) is 0. The Bertz CT molecular complexity index is 441. The Morgan fingerprint density at radius 3 is 2.88 bits per heavy atom. The van der Waals surface area contributed by atoms with Crippen LogP contribution in [-0.2, 0) is 10.0 Å². The molecule has 0 aromatic carbocycles. The third kappa shape index (κ3) is 1.87. The lowest BCUT2D eigenvalue weighted by molar-refractivity contribution is 0.202. The van der Waals surface area contributed by atoms with E-state index in [1.807, 2.05) is 6.92 Å². The van der Waals surface area contributed by atoms with Gasteiger partial charge in [-0.2, -0.15) is 4.31 Å². The predicted molar refractivity (Wildman–Crippen MR) is 60.3 cm³/mol. The van der Waals surface area contributed by atoms with E-state index in [0.717, 1.165) is 12.8 Å². The van der Waals surface area contributed by atoms with E-state index in [2.05, 4.69) is 16.9 Å². The number of hydrogen-bond donors (Lipinski definition) is 1. The maximum atomic E-state index is 12.3. The molecule has 1 aliphatic heterocycles. The van der Waals surface area contributed by atoms with Crippen molar-refractivity contribution in [2.75, 3.05) is 6.54 Å². The summed E-state index contributed by atoms with van der Waals surface area (Å²) >= 11 is 0. The number of nitrogens with zero attached hydrogens (tertiary/aromatic N) is 2. The fraction of sp³-hybridized carbons (Fsp3) is 0.700. The Hall–Kier alpha value is -0.880. The van der Waals surface area contributed by atoms with Crippen LogP contribution < -0.4 is 0 Å². The quantitative estimate of drug-likeness (QED) is 0.849. The lowest BCUT2D eigenvalue weighted by atomic mass is 9.94. The molecule has 1 aliphatic rings. The summed E-state index contributed by atoms with van der Waals surface area (Å²) in [4.78, 5) is 6.44. The molecule has 0 spiro atoms. The van der Waals surface area contributed by atoms with Crippen molar-refractivity contribution in [3.8, 4) is 0 Å². The molecular weight excluding hydrogens is 226 g/mol. The smallest absolute Gasteiger partial charge is 0.260 e. The van der Waals surface area contributed by atoms with E-state index in [-0.39, 0.29) is 11.1 Å². The number of rotatable bonds is 2. The highest BCUT2D eigenvalue weighted by atomic mass is 32.2. The number of H-pyrrole nitrogens is 1. The van der Waals surface area contributed by atoms with Crippen LogP contribution in [0.15, 0.2) is 17.6 Å². The van der Waals surface area contributed by atoms with E-state index >= 15 is 0 Å². The molecule has 1 aromatic heterocycles. The van der Waals surface area contributed by atoms with Gasteiger partial charge in [0.05, 0.1) is 12.5 Å². The largest absolute Gasteiger partial charge is 0.335 e. The first kappa shape index (κ1) is 11.6. The van der Waals surface area contributed by atoms with Crippen molar-refractivity contribution < 1.29 is 8.42 Å². The number of aromatic amines is 1. The number of aromatic nitrogens is 2. The number of piperidine rings is 1. The molecule has 16 heavy (non-hydrogen) atoms. The zero-order valence-corrected chi connectivity index (χ0v) is 10.4. The molecule has 6 heteroatoms. The van der Waals surface area contributed by atoms with E-state index in [0.29, 0.717) is 12.5 Å². The molecule has 5 nitrogen and oxygen atoms in total. The van der Waals surface area contributed by atoms with Crippen molar-refractivity contribution in [3.05, 3.63) is 12.5 Å². The van der Waals surface area contributed by atoms with Gasteiger partial charge in [0.2, 0.25) is 0 Å². The third-order valence-electron chi connectivity index (χ3n) is 3.38. The molecule has 2 atom stereocenters. The molecule has 2 rings (SSSR count). The summed E-state index contributed by atoms with van der Waals surface area (Å²) in [5, 5.41) is 0.188. The zero-order valence-electron chi connectivity index (χ0n) is 9.55. The molecule has 1 saturated heterocycles. The van der Waals surface area contributed by atoms with Gasteiger partial charge in [0, 0.05) is 12.6 Å². The minimum absolute atomic E-state index is 0.0575. The molecule has 0 amide bonds. The van der Waals surface area contributed by atoms with Crippen molar-refractivity contribution >= 4 is 10.0 Å². The highest BCUT2D eigenvalue weighted by molar-refractivity contribution is 7.89. The topological polar surface area (TPSA) is 66.1 Å². The van der Waals surface area contributed by atoms with Crippen molar-refractivity contribution in [2.45, 2.75) is 37.8 Å². The molecule has 2 unspecified atom stereocenters. The molecule has 2 heterocycles. The van der Waals surface area contributed by atoms with Crippen LogP contribution >= 0.6 is 0 Å². The van der Waals surface area contributed by atoms with Crippen LogP contribution in [0.3, 0.4) is 0 Å². The van der Waals surface area contributed by atoms with Crippen LogP contribution in [0.25, 0.3) is 0 Å². The SMILES string of the molecule is CC1CCCN(S(=O)(=O)c2cnc[nH]2)C1C. The van der Waals surface area contributed by atoms with E-state index in [1.165, 1.54) is 12.5 Å². The van der Waals surface area contributed by atoms with Gasteiger partial charge in [-0.1, -0.05) is 6.92 Å². The monoisotopic (exact) mass is 243 g/mol. The van der Waals surface area contributed by atoms with E-state index in [9.17, 15) is 8.42 Å². The van der Waals surface area contributed by atoms with Crippen molar-refractivity contribution in [1.82, 2.24) is 14.3 Å². The summed E-state index contributed by atoms with van der Waals surface area (Å²) in [6.07, 6.45) is 4.78. The molecular formula is C10H17N3O2S. The minimum Gasteiger partial charge on any atom is -0.335 e. The average Bonchev–Trinajstić information content (AvgIpc) is 2.75. The highest BCUT2D eigenvalue weighted by Gasteiger charge is 2.35. The second-order valence-corrected chi connectivity index (χ2v) is 6.25. The maximum absolute atomic E-state index is 12.3. The normalized spacial score (nSPS) is 28.1. The number of nitrogens with one attached hydrogen (secondary N) is 1. The first-order chi connectivity index (χ1) is 7.53. The van der Waals surface area contributed by atoms with E-state index in [1.54, 1.807) is 4.31 Å². The molecule has 1 N–H and O–H groups in total. The van der Waals surface area contributed by atoms with Crippen molar-refractivity contribution in [3.63, 3.8) is 0 Å². The minimum atomic E-state index is -3.39. The second-order valence-electron chi connectivity index (χ2n) is 4.39. The van der Waals surface area contributed by atoms with Gasteiger partial charge in [-0.15, -0.1) is 0 Å². The van der Waals surface area contributed by atoms with Gasteiger partial charge in [-0.3, -0.25) is 0 Å². The summed E-state index contributed by atoms with van der Waals surface area (Å²) in [6.45, 7) is 4.67. The molecule has 0 saturated carbocycles. The Balaban J connectivity index is 2.30. The fourth-order valence-corrected chi connectivity index (χ4v) is 3.81. The van der Waals surface area contributed by atoms with Gasteiger partial charge in [0.1, 0.15) is 0 Å². The van der Waals surface area contributed by atoms with Gasteiger partial charge in [-0.25, -0.2) is 13.4 Å². The fourth-order valence-electron chi connectivity index (χ4n) is 2.15. The molecule has 0 radical (unpaired) electrons. The highest BCUT2D eigenvalue weighted by Crippen LogP contribution is 2.27. The van der Waals surface area contributed by atoms with Crippen LogP contribution in [0.5, 0.6) is 0 Å². The standard InChI is InChI=1S/C10H17N3O2S/c1-8-4-3-5-13(9(8)2)16(14,15)10-6-11-7-12-10/h6-9H,3-5H2,1-2H3,(H,11,12). The van der Waals surface area contributed by atoms with Crippen LogP contribution in [0.4, 0.5) is 0 Å². The van der Waals surface area contributed by atoms with Gasteiger partial charge >= 0.3 is 0 Å². The summed E-state index contributed by atoms with van der Waals surface area (Å²) < 4.78 is 26.1. The van der Waals surface area contributed by atoms with Gasteiger partial charge in [0.15, 0.2) is 5.03 Å². The molecule has 0 bridgehead atoms. The van der Waals surface area contributed by atoms with Crippen molar-refractivity contribution in [1.29, 1.82) is 0 Å². The predicted octanol–water partition coefficient (Wildman–Crippen LogP) is 1.22. The van der Waals surface area contributed by atoms with Gasteiger partial charge in [-0.05, 0) is 25.7 Å². The Morgan fingerprint density at radius 2 is 2.25 bits per heavy atom. The van der Waals surface area contributed by atoms with Crippen LogP contribution in [0.2, 0.25) is 0 Å². The first-order valence-corrected chi connectivity index (χ1v) is 6.97. The summed E-state index contributed by atoms with van der Waals surface area (Å²) in [5.74, 6) is 0.409. The lowest BCUT2D eigenvalue weighted by Crippen LogP contribution is -2.45. The second kappa shape index (κ2) is 4.18.